The predicted octanol–water partition coefficient (Wildman–Crippen LogP) is 2.83. The van der Waals surface area contributed by atoms with Crippen molar-refractivity contribution in [2.24, 2.45) is 7.05 Å². The van der Waals surface area contributed by atoms with Gasteiger partial charge >= 0.3 is 0 Å². The lowest BCUT2D eigenvalue weighted by Gasteiger charge is -2.36. The summed E-state index contributed by atoms with van der Waals surface area (Å²) in [5.41, 5.74) is 3.76. The van der Waals surface area contributed by atoms with E-state index in [1.807, 2.05) is 6.07 Å². The number of amides is 1. The number of sulfonamides is 1. The van der Waals surface area contributed by atoms with Crippen LogP contribution in [-0.4, -0.2) is 75.9 Å². The van der Waals surface area contributed by atoms with Crippen LogP contribution in [0.5, 0.6) is 17.2 Å². The predicted molar refractivity (Wildman–Crippen MR) is 144 cm³/mol. The Morgan fingerprint density at radius 2 is 1.61 bits per heavy atom. The van der Waals surface area contributed by atoms with Crippen LogP contribution in [0.15, 0.2) is 41.6 Å². The summed E-state index contributed by atoms with van der Waals surface area (Å²) in [6.45, 7) is 5.75. The van der Waals surface area contributed by atoms with Crippen LogP contribution >= 0.6 is 0 Å². The molecule has 1 saturated heterocycles. The molecule has 1 aliphatic heterocycles. The molecule has 0 bridgehead atoms. The quantitative estimate of drug-likeness (QED) is 0.461. The van der Waals surface area contributed by atoms with E-state index in [4.69, 9.17) is 14.2 Å². The Hall–Kier alpha value is -3.77. The maximum Gasteiger partial charge on any atom is 0.263 e. The van der Waals surface area contributed by atoms with Crippen LogP contribution in [0.4, 0.5) is 11.4 Å². The van der Waals surface area contributed by atoms with Crippen molar-refractivity contribution in [3.05, 3.63) is 53.2 Å². The molecule has 1 amide bonds. The van der Waals surface area contributed by atoms with Gasteiger partial charge < -0.3 is 24.4 Å². The molecule has 2 aromatic carbocycles. The second kappa shape index (κ2) is 10.9. The number of carbonyl (C=O) groups excluding carboxylic acids is 1. The van der Waals surface area contributed by atoms with E-state index >= 15 is 0 Å². The lowest BCUT2D eigenvalue weighted by atomic mass is 10.1. The normalized spacial score (nSPS) is 14.3. The molecule has 1 N–H and O–H groups in total. The average Bonchev–Trinajstić information content (AvgIpc) is 3.32. The molecule has 12 heteroatoms. The van der Waals surface area contributed by atoms with Gasteiger partial charge in [-0.1, -0.05) is 12.1 Å². The molecule has 2 heterocycles. The van der Waals surface area contributed by atoms with Crippen molar-refractivity contribution >= 4 is 27.3 Å². The van der Waals surface area contributed by atoms with Gasteiger partial charge in [-0.05, 0) is 31.0 Å². The zero-order valence-corrected chi connectivity index (χ0v) is 23.3. The lowest BCUT2D eigenvalue weighted by molar-refractivity contribution is 0.102. The Kier molecular flexibility index (Phi) is 7.83. The first kappa shape index (κ1) is 27.3. The third-order valence-corrected chi connectivity index (χ3v) is 8.54. The zero-order chi connectivity index (χ0) is 27.6. The van der Waals surface area contributed by atoms with Crippen LogP contribution in [0.3, 0.4) is 0 Å². The van der Waals surface area contributed by atoms with E-state index in [-0.39, 0.29) is 23.7 Å². The number of rotatable bonds is 8. The van der Waals surface area contributed by atoms with E-state index in [9.17, 15) is 13.2 Å². The van der Waals surface area contributed by atoms with Crippen molar-refractivity contribution in [1.29, 1.82) is 0 Å². The molecule has 3 aromatic rings. The highest BCUT2D eigenvalue weighted by Crippen LogP contribution is 2.40. The van der Waals surface area contributed by atoms with Crippen molar-refractivity contribution in [2.75, 3.05) is 57.7 Å². The number of hydrogen-bond donors (Lipinski definition) is 1. The summed E-state index contributed by atoms with van der Waals surface area (Å²) in [6.07, 6.45) is 1.40. The minimum absolute atomic E-state index is 0.0572. The number of ether oxygens (including phenoxy) is 3. The fraction of sp³-hybridized carbons (Fsp3) is 0.385. The summed E-state index contributed by atoms with van der Waals surface area (Å²) in [5, 5.41) is 6.60. The Morgan fingerprint density at radius 1 is 0.974 bits per heavy atom. The van der Waals surface area contributed by atoms with Crippen molar-refractivity contribution in [3.63, 3.8) is 0 Å². The van der Waals surface area contributed by atoms with E-state index in [0.717, 1.165) is 5.69 Å². The van der Waals surface area contributed by atoms with Gasteiger partial charge in [0.25, 0.3) is 15.9 Å². The number of nitrogens with zero attached hydrogens (tertiary/aromatic N) is 4. The molecule has 0 aliphatic carbocycles. The molecule has 1 aliphatic rings. The van der Waals surface area contributed by atoms with Crippen LogP contribution in [-0.2, 0) is 17.1 Å². The van der Waals surface area contributed by atoms with Crippen molar-refractivity contribution in [2.45, 2.75) is 18.9 Å². The molecule has 38 heavy (non-hydrogen) atoms. The van der Waals surface area contributed by atoms with E-state index in [1.165, 1.54) is 47.6 Å². The number of anilines is 2. The number of carbonyl (C=O) groups is 1. The van der Waals surface area contributed by atoms with E-state index in [2.05, 4.69) is 41.3 Å². The number of piperazine rings is 1. The number of aromatic nitrogens is 2. The first-order chi connectivity index (χ1) is 18.1. The second-order valence-electron chi connectivity index (χ2n) is 9.00. The molecule has 4 rings (SSSR count). The van der Waals surface area contributed by atoms with Crippen LogP contribution in [0, 0.1) is 13.8 Å². The van der Waals surface area contributed by atoms with Gasteiger partial charge in [0.05, 0.1) is 26.9 Å². The monoisotopic (exact) mass is 543 g/mol. The smallest absolute Gasteiger partial charge is 0.263 e. The summed E-state index contributed by atoms with van der Waals surface area (Å²) < 4.78 is 46.0. The van der Waals surface area contributed by atoms with E-state index in [1.54, 1.807) is 19.2 Å². The van der Waals surface area contributed by atoms with Gasteiger partial charge in [0.2, 0.25) is 10.8 Å². The molecule has 1 fully saturated rings. The van der Waals surface area contributed by atoms with Gasteiger partial charge in [-0.3, -0.25) is 9.48 Å². The highest BCUT2D eigenvalue weighted by Gasteiger charge is 2.35. The Balaban J connectivity index is 1.56. The fourth-order valence-electron chi connectivity index (χ4n) is 4.54. The molecule has 204 valence electrons. The standard InChI is InChI=1S/C26H33N5O6S/c1-17-8-7-9-21(18(17)2)30-10-12-31(13-11-30)38(33,34)26-20(16-29(3)28-26)25(32)27-19-14-22(35-4)24(37-6)23(15-19)36-5/h7-9,14-16H,10-13H2,1-6H3,(H,27,32). The molecular weight excluding hydrogens is 510 g/mol. The Bertz CT molecular complexity index is 1420. The molecule has 1 aromatic heterocycles. The summed E-state index contributed by atoms with van der Waals surface area (Å²) in [6, 6.07) is 9.25. The van der Waals surface area contributed by atoms with Crippen LogP contribution in [0.2, 0.25) is 0 Å². The summed E-state index contributed by atoms with van der Waals surface area (Å²) in [5.74, 6) is 0.448. The highest BCUT2D eigenvalue weighted by atomic mass is 32.2. The van der Waals surface area contributed by atoms with Gasteiger partial charge in [-0.25, -0.2) is 8.42 Å². The molecule has 0 radical (unpaired) electrons. The van der Waals surface area contributed by atoms with Gasteiger partial charge in [-0.2, -0.15) is 9.40 Å². The molecule has 0 saturated carbocycles. The van der Waals surface area contributed by atoms with Crippen LogP contribution in [0.25, 0.3) is 0 Å². The topological polar surface area (TPSA) is 115 Å². The van der Waals surface area contributed by atoms with Crippen LogP contribution < -0.4 is 24.4 Å². The molecule has 0 spiro atoms. The Labute approximate surface area is 222 Å². The number of benzene rings is 2. The van der Waals surface area contributed by atoms with E-state index < -0.39 is 15.9 Å². The summed E-state index contributed by atoms with van der Waals surface area (Å²) >= 11 is 0. The van der Waals surface area contributed by atoms with Gasteiger partial charge in [0, 0.05) is 62.9 Å². The number of nitrogens with one attached hydrogen (secondary N) is 1. The zero-order valence-electron chi connectivity index (χ0n) is 22.4. The van der Waals surface area contributed by atoms with Gasteiger partial charge in [-0.15, -0.1) is 0 Å². The minimum atomic E-state index is -4.02. The first-order valence-electron chi connectivity index (χ1n) is 12.1. The van der Waals surface area contributed by atoms with Gasteiger partial charge in [0.15, 0.2) is 11.5 Å². The van der Waals surface area contributed by atoms with Crippen LogP contribution in [0.1, 0.15) is 21.5 Å². The lowest BCUT2D eigenvalue weighted by Crippen LogP contribution is -2.49. The average molecular weight is 544 g/mol. The second-order valence-corrected chi connectivity index (χ2v) is 10.9. The molecule has 11 nitrogen and oxygen atoms in total. The minimum Gasteiger partial charge on any atom is -0.493 e. The SMILES string of the molecule is COc1cc(NC(=O)c2cn(C)nc2S(=O)(=O)N2CCN(c3cccc(C)c3C)CC2)cc(OC)c1OC. The number of hydrogen-bond acceptors (Lipinski definition) is 8. The molecule has 0 atom stereocenters. The Morgan fingerprint density at radius 3 is 2.18 bits per heavy atom. The van der Waals surface area contributed by atoms with Crippen molar-refractivity contribution in [3.8, 4) is 17.2 Å². The summed E-state index contributed by atoms with van der Waals surface area (Å²) in [7, 11) is 1.97. The van der Waals surface area contributed by atoms with E-state index in [0.29, 0.717) is 36.0 Å². The van der Waals surface area contributed by atoms with Crippen molar-refractivity contribution in [1.82, 2.24) is 14.1 Å². The fourth-order valence-corrected chi connectivity index (χ4v) is 6.08. The molecular formula is C26H33N5O6S. The third kappa shape index (κ3) is 5.14. The maximum absolute atomic E-state index is 13.6. The maximum atomic E-state index is 13.6. The third-order valence-electron chi connectivity index (χ3n) is 6.70. The molecule has 0 unspecified atom stereocenters. The number of aryl methyl sites for hydroxylation is 2. The van der Waals surface area contributed by atoms with Crippen molar-refractivity contribution < 1.29 is 27.4 Å². The first-order valence-corrected chi connectivity index (χ1v) is 13.5. The highest BCUT2D eigenvalue weighted by molar-refractivity contribution is 7.89. The summed E-state index contributed by atoms with van der Waals surface area (Å²) in [4.78, 5) is 15.5. The largest absolute Gasteiger partial charge is 0.493 e. The number of methoxy groups -OCH3 is 3. The van der Waals surface area contributed by atoms with Gasteiger partial charge in [0.1, 0.15) is 0 Å².